The third-order valence-electron chi connectivity index (χ3n) is 6.00. The third kappa shape index (κ3) is 5.04. The summed E-state index contributed by atoms with van der Waals surface area (Å²) in [6.45, 7) is 2.14. The van der Waals surface area contributed by atoms with Crippen LogP contribution in [0.5, 0.6) is 0 Å². The van der Waals surface area contributed by atoms with Gasteiger partial charge in [-0.05, 0) is 49.8 Å². The predicted molar refractivity (Wildman–Crippen MR) is 129 cm³/mol. The fourth-order valence-electron chi connectivity index (χ4n) is 4.27. The lowest BCUT2D eigenvalue weighted by Gasteiger charge is -2.31. The minimum Gasteiger partial charge on any atom is -0.352 e. The van der Waals surface area contributed by atoms with Gasteiger partial charge in [0.15, 0.2) is 0 Å². The Morgan fingerprint density at radius 3 is 2.76 bits per heavy atom. The summed E-state index contributed by atoms with van der Waals surface area (Å²) in [5.41, 5.74) is 2.23. The minimum absolute atomic E-state index is 0. The number of likely N-dealkylation sites (tertiary alicyclic amines) is 1. The lowest BCUT2D eigenvalue weighted by molar-refractivity contribution is -0.116. The molecule has 1 saturated heterocycles. The van der Waals surface area contributed by atoms with Crippen LogP contribution in [0.25, 0.3) is 11.7 Å². The number of aromatic nitrogens is 4. The van der Waals surface area contributed by atoms with Crippen LogP contribution in [0.2, 0.25) is 0 Å². The smallest absolute Gasteiger partial charge is 0.274 e. The number of thioether (sulfide) groups is 1. The van der Waals surface area contributed by atoms with Crippen LogP contribution in [-0.2, 0) is 4.79 Å². The molecule has 3 aromatic heterocycles. The van der Waals surface area contributed by atoms with Crippen LogP contribution in [0.4, 0.5) is 0 Å². The van der Waals surface area contributed by atoms with Gasteiger partial charge in [-0.15, -0.1) is 12.4 Å². The summed E-state index contributed by atoms with van der Waals surface area (Å²) in [6, 6.07) is 5.93. The molecule has 33 heavy (non-hydrogen) atoms. The Morgan fingerprint density at radius 2 is 1.97 bits per heavy atom. The topological polar surface area (TPSA) is 92.5 Å². The first-order chi connectivity index (χ1) is 15.7. The largest absolute Gasteiger partial charge is 0.352 e. The number of nitrogens with zero attached hydrogens (tertiary/aromatic N) is 5. The first-order valence-corrected chi connectivity index (χ1v) is 11.7. The molecule has 2 amide bonds. The van der Waals surface area contributed by atoms with Crippen molar-refractivity contribution in [2.45, 2.75) is 30.7 Å². The predicted octanol–water partition coefficient (Wildman–Crippen LogP) is 3.44. The fraction of sp³-hybridized carbons (Fsp3) is 0.348. The number of carbonyl (C=O) groups is 2. The highest BCUT2D eigenvalue weighted by Gasteiger charge is 2.24. The number of halogens is 1. The van der Waals surface area contributed by atoms with Crippen LogP contribution in [0.15, 0.2) is 52.9 Å². The quantitative estimate of drug-likeness (QED) is 0.539. The molecule has 2 aliphatic rings. The van der Waals surface area contributed by atoms with Gasteiger partial charge in [0.1, 0.15) is 11.3 Å². The maximum atomic E-state index is 12.7. The van der Waals surface area contributed by atoms with Gasteiger partial charge in [0.05, 0.1) is 28.0 Å². The van der Waals surface area contributed by atoms with E-state index in [2.05, 4.69) is 24.7 Å². The van der Waals surface area contributed by atoms with E-state index in [1.807, 2.05) is 29.2 Å². The molecule has 5 heterocycles. The number of nitrogens with one attached hydrogen (secondary N) is 1. The summed E-state index contributed by atoms with van der Waals surface area (Å²) >= 11 is 1.47. The molecule has 0 saturated carbocycles. The van der Waals surface area contributed by atoms with Crippen LogP contribution >= 0.6 is 24.2 Å². The Hall–Kier alpha value is -2.91. The van der Waals surface area contributed by atoms with Crippen LogP contribution in [0, 0.1) is 5.92 Å². The van der Waals surface area contributed by atoms with Crippen molar-refractivity contribution in [3.8, 4) is 0 Å². The maximum absolute atomic E-state index is 12.7. The Labute approximate surface area is 202 Å². The monoisotopic (exact) mass is 484 g/mol. The molecule has 0 atom stereocenters. The molecule has 0 radical (unpaired) electrons. The molecule has 0 unspecified atom stereocenters. The molecule has 2 aliphatic heterocycles. The summed E-state index contributed by atoms with van der Waals surface area (Å²) in [5, 5.41) is 4.06. The third-order valence-corrected chi connectivity index (χ3v) is 7.05. The number of hydrogen-bond acceptors (Lipinski definition) is 6. The molecule has 0 bridgehead atoms. The number of piperidine rings is 1. The Balaban J connectivity index is 0.00000259. The molecule has 3 aromatic rings. The highest BCUT2D eigenvalue weighted by molar-refractivity contribution is 8.04. The fourth-order valence-corrected chi connectivity index (χ4v) is 5.28. The first kappa shape index (κ1) is 23.3. The summed E-state index contributed by atoms with van der Waals surface area (Å²) in [4.78, 5) is 40.2. The second-order valence-corrected chi connectivity index (χ2v) is 9.14. The highest BCUT2D eigenvalue weighted by Crippen LogP contribution is 2.34. The molecular formula is C23H25ClN6O2S. The van der Waals surface area contributed by atoms with E-state index in [9.17, 15) is 9.59 Å². The average Bonchev–Trinajstić information content (AvgIpc) is 3.27. The van der Waals surface area contributed by atoms with Gasteiger partial charge in [-0.3, -0.25) is 19.0 Å². The second kappa shape index (κ2) is 10.4. The SMILES string of the molecule is Cl.O=C(NCCCC1CCN(C(=O)c2cnccn2)CC1)C1=Cc2cnc3cccc(n23)S1. The molecule has 1 N–H and O–H groups in total. The zero-order valence-corrected chi connectivity index (χ0v) is 19.6. The standard InChI is InChI=1S/C23H24N6O2S.ClH/c30-22(19-13-17-14-27-20-4-1-5-21(32-19)29(17)20)26-8-2-3-16-6-11-28(12-7-16)23(31)18-15-24-9-10-25-18;/h1,4-5,9-10,13-16H,2-3,6-8,11-12H2,(H,26,30);1H. The molecule has 5 rings (SSSR count). The van der Waals surface area contributed by atoms with Crippen molar-refractivity contribution in [2.24, 2.45) is 5.92 Å². The minimum atomic E-state index is -0.0425. The van der Waals surface area contributed by atoms with Crippen LogP contribution in [0.1, 0.15) is 41.9 Å². The highest BCUT2D eigenvalue weighted by atomic mass is 35.5. The van der Waals surface area contributed by atoms with E-state index in [0.29, 0.717) is 23.1 Å². The Morgan fingerprint density at radius 1 is 1.12 bits per heavy atom. The van der Waals surface area contributed by atoms with E-state index in [-0.39, 0.29) is 24.2 Å². The van der Waals surface area contributed by atoms with Gasteiger partial charge in [-0.25, -0.2) is 9.97 Å². The van der Waals surface area contributed by atoms with Gasteiger partial charge in [0.25, 0.3) is 11.8 Å². The number of hydrogen-bond donors (Lipinski definition) is 1. The first-order valence-electron chi connectivity index (χ1n) is 10.9. The van der Waals surface area contributed by atoms with Crippen molar-refractivity contribution in [3.63, 3.8) is 0 Å². The molecule has 8 nitrogen and oxygen atoms in total. The van der Waals surface area contributed by atoms with Gasteiger partial charge in [-0.1, -0.05) is 17.8 Å². The van der Waals surface area contributed by atoms with Crippen molar-refractivity contribution in [1.29, 1.82) is 0 Å². The van der Waals surface area contributed by atoms with E-state index in [4.69, 9.17) is 0 Å². The summed E-state index contributed by atoms with van der Waals surface area (Å²) in [6.07, 6.45) is 12.3. The van der Waals surface area contributed by atoms with Crippen molar-refractivity contribution >= 4 is 47.7 Å². The number of carbonyl (C=O) groups excluding carboxylic acids is 2. The second-order valence-electron chi connectivity index (χ2n) is 8.08. The van der Waals surface area contributed by atoms with Crippen LogP contribution in [-0.4, -0.2) is 55.7 Å². The van der Waals surface area contributed by atoms with Crippen molar-refractivity contribution in [1.82, 2.24) is 29.6 Å². The number of rotatable bonds is 6. The van der Waals surface area contributed by atoms with Crippen molar-refractivity contribution in [3.05, 3.63) is 59.3 Å². The molecule has 0 aliphatic carbocycles. The summed E-state index contributed by atoms with van der Waals surface area (Å²) in [5.74, 6) is 0.496. The summed E-state index contributed by atoms with van der Waals surface area (Å²) in [7, 11) is 0. The number of imidazole rings is 1. The van der Waals surface area contributed by atoms with E-state index in [1.54, 1.807) is 18.6 Å². The van der Waals surface area contributed by atoms with E-state index in [1.165, 1.54) is 18.0 Å². The lowest BCUT2D eigenvalue weighted by Crippen LogP contribution is -2.39. The van der Waals surface area contributed by atoms with Gasteiger partial charge >= 0.3 is 0 Å². The van der Waals surface area contributed by atoms with E-state index < -0.39 is 0 Å². The van der Waals surface area contributed by atoms with Crippen molar-refractivity contribution < 1.29 is 9.59 Å². The maximum Gasteiger partial charge on any atom is 0.274 e. The number of pyridine rings is 1. The molecule has 10 heteroatoms. The molecular weight excluding hydrogens is 460 g/mol. The average molecular weight is 485 g/mol. The Kier molecular flexibility index (Phi) is 7.29. The van der Waals surface area contributed by atoms with Crippen LogP contribution in [0.3, 0.4) is 0 Å². The van der Waals surface area contributed by atoms with Gasteiger partial charge < -0.3 is 10.2 Å². The normalized spacial score (nSPS) is 15.6. The summed E-state index contributed by atoms with van der Waals surface area (Å²) < 4.78 is 2.06. The zero-order chi connectivity index (χ0) is 21.9. The van der Waals surface area contributed by atoms with E-state index >= 15 is 0 Å². The van der Waals surface area contributed by atoms with Gasteiger partial charge in [0.2, 0.25) is 0 Å². The number of amides is 2. The Bertz CT molecular complexity index is 1170. The molecule has 0 spiro atoms. The van der Waals surface area contributed by atoms with Crippen LogP contribution < -0.4 is 5.32 Å². The van der Waals surface area contributed by atoms with Gasteiger partial charge in [0, 0.05) is 32.0 Å². The molecule has 172 valence electrons. The van der Waals surface area contributed by atoms with Gasteiger partial charge in [-0.2, -0.15) is 0 Å². The lowest BCUT2D eigenvalue weighted by atomic mass is 9.92. The van der Waals surface area contributed by atoms with E-state index in [0.717, 1.165) is 55.1 Å². The molecule has 1 fully saturated rings. The zero-order valence-electron chi connectivity index (χ0n) is 18.0. The van der Waals surface area contributed by atoms with Crippen molar-refractivity contribution in [2.75, 3.05) is 19.6 Å². The molecule has 0 aromatic carbocycles.